The summed E-state index contributed by atoms with van der Waals surface area (Å²) >= 11 is 0. The second-order valence-electron chi connectivity index (χ2n) is 5.37. The molecule has 0 radical (unpaired) electrons. The zero-order chi connectivity index (χ0) is 17.7. The molecule has 24 heavy (non-hydrogen) atoms. The lowest BCUT2D eigenvalue weighted by molar-refractivity contribution is 0.0963. The number of amides is 1. The van der Waals surface area contributed by atoms with Crippen molar-refractivity contribution in [2.24, 2.45) is 0 Å². The number of aromatic nitrogens is 3. The van der Waals surface area contributed by atoms with E-state index in [1.165, 1.54) is 12.3 Å². The van der Waals surface area contributed by atoms with Gasteiger partial charge in [-0.2, -0.15) is 0 Å². The van der Waals surface area contributed by atoms with Crippen LogP contribution >= 0.6 is 0 Å². The molecule has 2 heterocycles. The molecular weight excluding hydrogens is 310 g/mol. The predicted molar refractivity (Wildman–Crippen MR) is 92.0 cm³/mol. The van der Waals surface area contributed by atoms with E-state index < -0.39 is 0 Å². The number of nitrogens with one attached hydrogen (secondary N) is 3. The average molecular weight is 331 g/mol. The summed E-state index contributed by atoms with van der Waals surface area (Å²) in [5, 5.41) is 17.9. The highest BCUT2D eigenvalue weighted by Gasteiger charge is 2.13. The van der Waals surface area contributed by atoms with Crippen molar-refractivity contribution < 1.29 is 9.90 Å². The highest BCUT2D eigenvalue weighted by Crippen LogP contribution is 2.22. The Kier molecular flexibility index (Phi) is 5.48. The first-order valence-corrected chi connectivity index (χ1v) is 7.43. The third kappa shape index (κ3) is 4.29. The van der Waals surface area contributed by atoms with Crippen molar-refractivity contribution in [2.45, 2.75) is 26.5 Å². The fraction of sp³-hybridized carbons (Fsp3) is 0.333. The van der Waals surface area contributed by atoms with Gasteiger partial charge in [0.2, 0.25) is 0 Å². The molecule has 128 valence electrons. The van der Waals surface area contributed by atoms with Crippen LogP contribution in [-0.4, -0.2) is 39.1 Å². The number of carbonyl (C=O) groups is 1. The predicted octanol–water partition coefficient (Wildman–Crippen LogP) is 0.870. The molecule has 1 amide bonds. The zero-order valence-electron chi connectivity index (χ0n) is 13.8. The maximum absolute atomic E-state index is 11.9. The lowest BCUT2D eigenvalue weighted by atomic mass is 10.2. The molecule has 0 aliphatic rings. The number of nitrogen functional groups attached to an aromatic ring is 1. The molecular formula is C15H21N7O2. The first-order valence-electron chi connectivity index (χ1n) is 7.43. The average Bonchev–Trinajstić information content (AvgIpc) is 2.53. The van der Waals surface area contributed by atoms with Crippen LogP contribution in [0.3, 0.4) is 0 Å². The van der Waals surface area contributed by atoms with Crippen molar-refractivity contribution in [2.75, 3.05) is 23.4 Å². The Hall–Kier alpha value is -2.94. The minimum Gasteiger partial charge on any atom is -0.388 e. The SMILES string of the molecule is CNC(=O)c1cnc(Nc2cc(N)nc(CO)n2)cc1NC(C)C. The first-order chi connectivity index (χ1) is 11.4. The van der Waals surface area contributed by atoms with Crippen molar-refractivity contribution in [1.82, 2.24) is 20.3 Å². The summed E-state index contributed by atoms with van der Waals surface area (Å²) in [6.45, 7) is 3.63. The highest BCUT2D eigenvalue weighted by molar-refractivity contribution is 5.99. The van der Waals surface area contributed by atoms with E-state index in [9.17, 15) is 4.79 Å². The van der Waals surface area contributed by atoms with Gasteiger partial charge in [-0.15, -0.1) is 0 Å². The Labute approximate surface area is 139 Å². The van der Waals surface area contributed by atoms with Crippen molar-refractivity contribution in [3.05, 3.63) is 29.7 Å². The van der Waals surface area contributed by atoms with E-state index in [0.29, 0.717) is 22.9 Å². The number of nitrogens with zero attached hydrogens (tertiary/aromatic N) is 3. The van der Waals surface area contributed by atoms with Crippen LogP contribution in [0.1, 0.15) is 30.0 Å². The van der Waals surface area contributed by atoms with Crippen LogP contribution in [0.15, 0.2) is 18.3 Å². The lowest BCUT2D eigenvalue weighted by Gasteiger charge is -2.15. The topological polar surface area (TPSA) is 138 Å². The smallest absolute Gasteiger partial charge is 0.254 e. The van der Waals surface area contributed by atoms with Gasteiger partial charge in [0.1, 0.15) is 24.1 Å². The third-order valence-corrected chi connectivity index (χ3v) is 3.01. The van der Waals surface area contributed by atoms with E-state index in [0.717, 1.165) is 0 Å². The molecule has 2 rings (SSSR count). The van der Waals surface area contributed by atoms with Gasteiger partial charge in [-0.3, -0.25) is 4.79 Å². The number of hydrogen-bond acceptors (Lipinski definition) is 8. The molecule has 0 aliphatic heterocycles. The van der Waals surface area contributed by atoms with Gasteiger partial charge in [0.05, 0.1) is 11.3 Å². The summed E-state index contributed by atoms with van der Waals surface area (Å²) < 4.78 is 0. The Morgan fingerprint density at radius 1 is 1.29 bits per heavy atom. The van der Waals surface area contributed by atoms with Crippen LogP contribution in [-0.2, 0) is 6.61 Å². The van der Waals surface area contributed by atoms with Gasteiger partial charge in [-0.1, -0.05) is 0 Å². The molecule has 0 atom stereocenters. The molecule has 0 aliphatic carbocycles. The summed E-state index contributed by atoms with van der Waals surface area (Å²) in [6.07, 6.45) is 1.48. The Balaban J connectivity index is 2.34. The maximum Gasteiger partial charge on any atom is 0.254 e. The molecule has 0 fully saturated rings. The minimum absolute atomic E-state index is 0.138. The van der Waals surface area contributed by atoms with Crippen LogP contribution in [0.5, 0.6) is 0 Å². The van der Waals surface area contributed by atoms with E-state index in [1.807, 2.05) is 13.8 Å². The summed E-state index contributed by atoms with van der Waals surface area (Å²) in [5.41, 5.74) is 6.76. The van der Waals surface area contributed by atoms with Gasteiger partial charge in [0, 0.05) is 31.4 Å². The quantitative estimate of drug-likeness (QED) is 0.525. The number of aliphatic hydroxyl groups excluding tert-OH is 1. The largest absolute Gasteiger partial charge is 0.388 e. The molecule has 0 saturated carbocycles. The second-order valence-corrected chi connectivity index (χ2v) is 5.37. The number of rotatable bonds is 6. The molecule has 0 spiro atoms. The van der Waals surface area contributed by atoms with Crippen LogP contribution in [0.4, 0.5) is 23.1 Å². The van der Waals surface area contributed by atoms with E-state index in [-0.39, 0.29) is 30.2 Å². The molecule has 0 aromatic carbocycles. The van der Waals surface area contributed by atoms with Crippen LogP contribution in [0.25, 0.3) is 0 Å². The fourth-order valence-electron chi connectivity index (χ4n) is 2.05. The Morgan fingerprint density at radius 3 is 2.67 bits per heavy atom. The standard InChI is InChI=1S/C15H21N7O2/c1-8(2)19-10-4-12(18-6-9(10)15(24)17-3)21-13-5-11(16)20-14(7-23)22-13/h4-6,8,23H,7H2,1-3H3,(H,17,24)(H4,16,18,19,20,21,22). The summed E-state index contributed by atoms with van der Waals surface area (Å²) in [5.74, 6) is 1.10. The van der Waals surface area contributed by atoms with Gasteiger partial charge in [0.25, 0.3) is 5.91 Å². The fourth-order valence-corrected chi connectivity index (χ4v) is 2.05. The molecule has 9 heteroatoms. The van der Waals surface area contributed by atoms with E-state index in [1.54, 1.807) is 13.1 Å². The lowest BCUT2D eigenvalue weighted by Crippen LogP contribution is -2.22. The number of carbonyl (C=O) groups excluding carboxylic acids is 1. The van der Waals surface area contributed by atoms with Crippen LogP contribution in [0, 0.1) is 0 Å². The Bertz CT molecular complexity index is 734. The van der Waals surface area contributed by atoms with E-state index in [2.05, 4.69) is 30.9 Å². The number of nitrogens with two attached hydrogens (primary N) is 1. The molecule has 0 saturated heterocycles. The molecule has 0 unspecified atom stereocenters. The third-order valence-electron chi connectivity index (χ3n) is 3.01. The summed E-state index contributed by atoms with van der Waals surface area (Å²) in [7, 11) is 1.56. The monoisotopic (exact) mass is 331 g/mol. The van der Waals surface area contributed by atoms with E-state index in [4.69, 9.17) is 10.8 Å². The van der Waals surface area contributed by atoms with Crippen molar-refractivity contribution >= 4 is 29.0 Å². The van der Waals surface area contributed by atoms with Crippen molar-refractivity contribution in [1.29, 1.82) is 0 Å². The number of anilines is 4. The first kappa shape index (κ1) is 17.4. The molecule has 9 nitrogen and oxygen atoms in total. The molecule has 6 N–H and O–H groups in total. The Morgan fingerprint density at radius 2 is 2.04 bits per heavy atom. The summed E-state index contributed by atoms with van der Waals surface area (Å²) in [4.78, 5) is 24.2. The van der Waals surface area contributed by atoms with Gasteiger partial charge >= 0.3 is 0 Å². The normalized spacial score (nSPS) is 10.5. The number of pyridine rings is 1. The number of hydrogen-bond donors (Lipinski definition) is 5. The van der Waals surface area contributed by atoms with Gasteiger partial charge in [-0.05, 0) is 13.8 Å². The molecule has 2 aromatic heterocycles. The van der Waals surface area contributed by atoms with Crippen LogP contribution < -0.4 is 21.7 Å². The summed E-state index contributed by atoms with van der Waals surface area (Å²) in [6, 6.07) is 3.38. The highest BCUT2D eigenvalue weighted by atomic mass is 16.3. The van der Waals surface area contributed by atoms with Crippen molar-refractivity contribution in [3.63, 3.8) is 0 Å². The zero-order valence-corrected chi connectivity index (χ0v) is 13.8. The molecule has 2 aromatic rings. The van der Waals surface area contributed by atoms with Gasteiger partial charge in [-0.25, -0.2) is 15.0 Å². The maximum atomic E-state index is 11.9. The minimum atomic E-state index is -0.317. The van der Waals surface area contributed by atoms with Gasteiger partial charge in [0.15, 0.2) is 5.82 Å². The van der Waals surface area contributed by atoms with Gasteiger partial charge < -0.3 is 26.8 Å². The molecule has 0 bridgehead atoms. The van der Waals surface area contributed by atoms with E-state index >= 15 is 0 Å². The van der Waals surface area contributed by atoms with Crippen molar-refractivity contribution in [3.8, 4) is 0 Å². The van der Waals surface area contributed by atoms with Crippen LogP contribution in [0.2, 0.25) is 0 Å². The number of aliphatic hydroxyl groups is 1. The second kappa shape index (κ2) is 7.55.